The van der Waals surface area contributed by atoms with Gasteiger partial charge in [0.05, 0.1) is 6.42 Å². The quantitative estimate of drug-likeness (QED) is 0.548. The smallest absolute Gasteiger partial charge is 0.340 e. The van der Waals surface area contributed by atoms with Crippen molar-refractivity contribution in [1.29, 1.82) is 0 Å². The number of carbonyl (C=O) groups is 1. The van der Waals surface area contributed by atoms with E-state index in [-0.39, 0.29) is 13.0 Å². The van der Waals surface area contributed by atoms with E-state index in [2.05, 4.69) is 0 Å². The maximum absolute atomic E-state index is 11.9. The van der Waals surface area contributed by atoms with Crippen molar-refractivity contribution in [3.05, 3.63) is 82.2 Å². The number of rotatable bonds is 4. The van der Waals surface area contributed by atoms with Gasteiger partial charge in [-0.05, 0) is 17.7 Å². The summed E-state index contributed by atoms with van der Waals surface area (Å²) in [5, 5.41) is 0.785. The second kappa shape index (κ2) is 6.26. The summed E-state index contributed by atoms with van der Waals surface area (Å²) in [6.07, 6.45) is -0.0972. The summed E-state index contributed by atoms with van der Waals surface area (Å²) in [6, 6.07) is 18.2. The molecule has 22 heavy (non-hydrogen) atoms. The van der Waals surface area contributed by atoms with Crippen molar-refractivity contribution >= 4 is 16.9 Å². The predicted octanol–water partition coefficient (Wildman–Crippen LogP) is 3.08. The molecule has 0 radical (unpaired) electrons. The second-order valence-corrected chi connectivity index (χ2v) is 4.92. The summed E-state index contributed by atoms with van der Waals surface area (Å²) in [6.45, 7) is 0.193. The number of fused-ring (bicyclic) bond motifs is 1. The van der Waals surface area contributed by atoms with E-state index in [4.69, 9.17) is 9.15 Å². The first-order chi connectivity index (χ1) is 10.7. The Bertz CT molecular complexity index is 850. The molecule has 0 amide bonds. The largest absolute Gasteiger partial charge is 0.461 e. The molecule has 0 N–H and O–H groups in total. The highest BCUT2D eigenvalue weighted by Gasteiger charge is 2.11. The van der Waals surface area contributed by atoms with Crippen LogP contribution < -0.4 is 5.63 Å². The van der Waals surface area contributed by atoms with Crippen LogP contribution in [0.15, 0.2) is 69.9 Å². The summed E-state index contributed by atoms with van der Waals surface area (Å²) in [4.78, 5) is 23.7. The van der Waals surface area contributed by atoms with Gasteiger partial charge in [-0.2, -0.15) is 0 Å². The number of benzene rings is 2. The number of hydrogen-bond acceptors (Lipinski definition) is 4. The van der Waals surface area contributed by atoms with Crippen molar-refractivity contribution in [2.24, 2.45) is 0 Å². The molecule has 1 aromatic heterocycles. The fourth-order valence-electron chi connectivity index (χ4n) is 2.17. The van der Waals surface area contributed by atoms with Crippen LogP contribution in [0.25, 0.3) is 11.0 Å². The van der Waals surface area contributed by atoms with E-state index in [0.29, 0.717) is 11.1 Å². The van der Waals surface area contributed by atoms with Gasteiger partial charge in [0.25, 0.3) is 0 Å². The minimum absolute atomic E-state index is 0.0972. The average molecular weight is 294 g/mol. The number of carbonyl (C=O) groups excluding carboxylic acids is 1. The van der Waals surface area contributed by atoms with Crippen LogP contribution in [-0.4, -0.2) is 5.97 Å². The average Bonchev–Trinajstić information content (AvgIpc) is 2.55. The van der Waals surface area contributed by atoms with Crippen molar-refractivity contribution in [2.45, 2.75) is 13.0 Å². The molecule has 4 nitrogen and oxygen atoms in total. The van der Waals surface area contributed by atoms with Crippen molar-refractivity contribution in [3.8, 4) is 0 Å². The Labute approximate surface area is 127 Å². The Morgan fingerprint density at radius 1 is 1.00 bits per heavy atom. The lowest BCUT2D eigenvalue weighted by Gasteiger charge is -2.05. The number of para-hydroxylation sites is 1. The fraction of sp³-hybridized carbons (Fsp3) is 0.111. The predicted molar refractivity (Wildman–Crippen MR) is 82.4 cm³/mol. The summed E-state index contributed by atoms with van der Waals surface area (Å²) in [7, 11) is 0. The highest BCUT2D eigenvalue weighted by atomic mass is 16.5. The molecule has 0 aliphatic rings. The van der Waals surface area contributed by atoms with Crippen LogP contribution in [0.1, 0.15) is 11.1 Å². The Morgan fingerprint density at radius 2 is 1.73 bits per heavy atom. The standard InChI is InChI=1S/C18H14O4/c19-17(21-12-13-6-2-1-3-7-13)11-15-10-14-8-4-5-9-16(14)22-18(15)20/h1-10H,11-12H2. The van der Waals surface area contributed by atoms with Crippen LogP contribution in [0.5, 0.6) is 0 Å². The Kier molecular flexibility index (Phi) is 4.01. The summed E-state index contributed by atoms with van der Waals surface area (Å²) in [5.41, 5.74) is 1.21. The molecule has 0 fully saturated rings. The Morgan fingerprint density at radius 3 is 2.55 bits per heavy atom. The van der Waals surface area contributed by atoms with E-state index in [0.717, 1.165) is 10.9 Å². The minimum atomic E-state index is -0.504. The maximum atomic E-state index is 11.9. The molecule has 110 valence electrons. The van der Waals surface area contributed by atoms with Crippen LogP contribution in [0.3, 0.4) is 0 Å². The molecule has 3 rings (SSSR count). The molecule has 1 heterocycles. The Hall–Kier alpha value is -2.88. The van der Waals surface area contributed by atoms with E-state index >= 15 is 0 Å². The molecule has 0 bridgehead atoms. The summed E-state index contributed by atoms with van der Waals surface area (Å²) in [5.74, 6) is -0.452. The maximum Gasteiger partial charge on any atom is 0.340 e. The molecule has 0 aliphatic carbocycles. The van der Waals surface area contributed by atoms with Crippen LogP contribution in [0.2, 0.25) is 0 Å². The number of ether oxygens (including phenoxy) is 1. The van der Waals surface area contributed by atoms with Crippen molar-refractivity contribution in [1.82, 2.24) is 0 Å². The first kappa shape index (κ1) is 14.1. The topological polar surface area (TPSA) is 56.5 Å². The van der Waals surface area contributed by atoms with E-state index in [1.807, 2.05) is 42.5 Å². The third kappa shape index (κ3) is 3.23. The lowest BCUT2D eigenvalue weighted by atomic mass is 10.1. The molecule has 3 aromatic rings. The molecule has 2 aromatic carbocycles. The second-order valence-electron chi connectivity index (χ2n) is 4.92. The van der Waals surface area contributed by atoms with Crippen LogP contribution in [0, 0.1) is 0 Å². The van der Waals surface area contributed by atoms with Crippen LogP contribution in [0.4, 0.5) is 0 Å². The van der Waals surface area contributed by atoms with Gasteiger partial charge in [0.15, 0.2) is 0 Å². The van der Waals surface area contributed by atoms with Crippen molar-refractivity contribution in [2.75, 3.05) is 0 Å². The van der Waals surface area contributed by atoms with Gasteiger partial charge in [-0.1, -0.05) is 48.5 Å². The lowest BCUT2D eigenvalue weighted by molar-refractivity contribution is -0.144. The van der Waals surface area contributed by atoms with Gasteiger partial charge in [0, 0.05) is 10.9 Å². The number of esters is 1. The van der Waals surface area contributed by atoms with E-state index in [9.17, 15) is 9.59 Å². The molecular formula is C18H14O4. The van der Waals surface area contributed by atoms with Gasteiger partial charge in [0.2, 0.25) is 0 Å². The minimum Gasteiger partial charge on any atom is -0.461 e. The molecule has 0 aliphatic heterocycles. The van der Waals surface area contributed by atoms with Gasteiger partial charge in [-0.3, -0.25) is 4.79 Å². The van der Waals surface area contributed by atoms with Crippen LogP contribution in [-0.2, 0) is 22.6 Å². The zero-order valence-corrected chi connectivity index (χ0v) is 11.8. The van der Waals surface area contributed by atoms with E-state index in [1.165, 1.54) is 0 Å². The molecule has 4 heteroatoms. The van der Waals surface area contributed by atoms with Crippen molar-refractivity contribution < 1.29 is 13.9 Å². The molecule has 0 atom stereocenters. The fourth-order valence-corrected chi connectivity index (χ4v) is 2.17. The normalized spacial score (nSPS) is 10.5. The zero-order valence-electron chi connectivity index (χ0n) is 11.8. The van der Waals surface area contributed by atoms with Gasteiger partial charge in [-0.25, -0.2) is 4.79 Å². The highest BCUT2D eigenvalue weighted by Crippen LogP contribution is 2.13. The van der Waals surface area contributed by atoms with E-state index < -0.39 is 11.6 Å². The van der Waals surface area contributed by atoms with E-state index in [1.54, 1.807) is 18.2 Å². The molecule has 0 spiro atoms. The molecular weight excluding hydrogens is 280 g/mol. The first-order valence-corrected chi connectivity index (χ1v) is 6.94. The molecule has 0 saturated heterocycles. The SMILES string of the molecule is O=C(Cc1cc2ccccc2oc1=O)OCc1ccccc1. The van der Waals surface area contributed by atoms with Crippen LogP contribution >= 0.6 is 0 Å². The lowest BCUT2D eigenvalue weighted by Crippen LogP contribution is -2.15. The monoisotopic (exact) mass is 294 g/mol. The molecule has 0 saturated carbocycles. The highest BCUT2D eigenvalue weighted by molar-refractivity contribution is 5.79. The van der Waals surface area contributed by atoms with Crippen molar-refractivity contribution in [3.63, 3.8) is 0 Å². The summed E-state index contributed by atoms with van der Waals surface area (Å²) < 4.78 is 10.4. The summed E-state index contributed by atoms with van der Waals surface area (Å²) >= 11 is 0. The van der Waals surface area contributed by atoms with Gasteiger partial charge < -0.3 is 9.15 Å². The van der Waals surface area contributed by atoms with Gasteiger partial charge in [-0.15, -0.1) is 0 Å². The first-order valence-electron chi connectivity index (χ1n) is 6.94. The number of hydrogen-bond donors (Lipinski definition) is 0. The molecule has 0 unspecified atom stereocenters. The zero-order chi connectivity index (χ0) is 15.4. The Balaban J connectivity index is 1.71. The van der Waals surface area contributed by atoms with Gasteiger partial charge >= 0.3 is 11.6 Å². The van der Waals surface area contributed by atoms with Gasteiger partial charge in [0.1, 0.15) is 12.2 Å². The third-order valence-electron chi connectivity index (χ3n) is 3.29. The third-order valence-corrected chi connectivity index (χ3v) is 3.29.